The molecular weight excluding hydrogens is 405 g/mol. The predicted molar refractivity (Wildman–Crippen MR) is 106 cm³/mol. The molecule has 2 aromatic rings. The van der Waals surface area contributed by atoms with E-state index in [4.69, 9.17) is 11.6 Å². The van der Waals surface area contributed by atoms with Gasteiger partial charge in [0, 0.05) is 24.2 Å². The van der Waals surface area contributed by atoms with Crippen molar-refractivity contribution >= 4 is 33.7 Å². The lowest BCUT2D eigenvalue weighted by atomic mass is 10.2. The van der Waals surface area contributed by atoms with Crippen LogP contribution in [0.3, 0.4) is 0 Å². The Kier molecular flexibility index (Phi) is 6.43. The Morgan fingerprint density at radius 3 is 2.57 bits per heavy atom. The first-order chi connectivity index (χ1) is 13.4. The Labute approximate surface area is 168 Å². The SMILES string of the molecule is O=C(NN=Cc1c(F)cccc1Cl)c1cccc(S(=O)(=O)N2CCCCC2)c1. The van der Waals surface area contributed by atoms with Crippen molar-refractivity contribution in [1.82, 2.24) is 9.73 Å². The van der Waals surface area contributed by atoms with E-state index in [1.54, 1.807) is 0 Å². The predicted octanol–water partition coefficient (Wildman–Crippen LogP) is 3.42. The number of hydrogen-bond donors (Lipinski definition) is 1. The molecule has 9 heteroatoms. The first-order valence-corrected chi connectivity index (χ1v) is 10.6. The highest BCUT2D eigenvalue weighted by Gasteiger charge is 2.26. The largest absolute Gasteiger partial charge is 0.271 e. The van der Waals surface area contributed by atoms with E-state index >= 15 is 0 Å². The zero-order valence-electron chi connectivity index (χ0n) is 14.9. The van der Waals surface area contributed by atoms with Crippen LogP contribution in [0.2, 0.25) is 5.02 Å². The van der Waals surface area contributed by atoms with Gasteiger partial charge in [-0.2, -0.15) is 9.41 Å². The molecule has 0 aromatic heterocycles. The van der Waals surface area contributed by atoms with Crippen molar-refractivity contribution in [3.8, 4) is 0 Å². The van der Waals surface area contributed by atoms with Gasteiger partial charge in [-0.1, -0.05) is 30.2 Å². The maximum absolute atomic E-state index is 13.7. The van der Waals surface area contributed by atoms with Crippen LogP contribution in [-0.4, -0.2) is 37.9 Å². The van der Waals surface area contributed by atoms with Crippen molar-refractivity contribution < 1.29 is 17.6 Å². The van der Waals surface area contributed by atoms with Crippen LogP contribution in [0.1, 0.15) is 35.2 Å². The second-order valence-corrected chi connectivity index (χ2v) is 8.67. The van der Waals surface area contributed by atoms with Crippen molar-refractivity contribution in [2.45, 2.75) is 24.2 Å². The van der Waals surface area contributed by atoms with Crippen LogP contribution in [0.25, 0.3) is 0 Å². The summed E-state index contributed by atoms with van der Waals surface area (Å²) < 4.78 is 40.6. The topological polar surface area (TPSA) is 78.8 Å². The fourth-order valence-corrected chi connectivity index (χ4v) is 4.68. The lowest BCUT2D eigenvalue weighted by Gasteiger charge is -2.25. The van der Waals surface area contributed by atoms with Crippen molar-refractivity contribution in [3.05, 3.63) is 64.4 Å². The molecule has 6 nitrogen and oxygen atoms in total. The smallest absolute Gasteiger partial charge is 0.267 e. The van der Waals surface area contributed by atoms with Gasteiger partial charge in [-0.15, -0.1) is 0 Å². The third-order valence-electron chi connectivity index (χ3n) is 4.41. The number of carbonyl (C=O) groups is 1. The molecular formula is C19H19ClFN3O3S. The van der Waals surface area contributed by atoms with Crippen molar-refractivity contribution in [2.24, 2.45) is 5.10 Å². The molecule has 0 atom stereocenters. The third kappa shape index (κ3) is 4.57. The van der Waals surface area contributed by atoms with Gasteiger partial charge in [0.2, 0.25) is 10.0 Å². The molecule has 2 aromatic carbocycles. The Morgan fingerprint density at radius 2 is 1.86 bits per heavy atom. The van der Waals surface area contributed by atoms with E-state index in [0.29, 0.717) is 13.1 Å². The highest BCUT2D eigenvalue weighted by atomic mass is 35.5. The first-order valence-electron chi connectivity index (χ1n) is 8.77. The number of carbonyl (C=O) groups excluding carboxylic acids is 1. The average Bonchev–Trinajstić information content (AvgIpc) is 2.71. The molecule has 0 aliphatic carbocycles. The Hall–Kier alpha value is -2.29. The standard InChI is InChI=1S/C19H19ClFN3O3S/c20-17-8-5-9-18(21)16(17)13-22-23-19(25)14-6-4-7-15(12-14)28(26,27)24-10-2-1-3-11-24/h4-9,12-13H,1-3,10-11H2,(H,23,25). The van der Waals surface area contributed by atoms with Crippen LogP contribution in [0.15, 0.2) is 52.5 Å². The van der Waals surface area contributed by atoms with Crippen LogP contribution in [0, 0.1) is 5.82 Å². The molecule has 1 amide bonds. The van der Waals surface area contributed by atoms with E-state index in [1.165, 1.54) is 46.8 Å². The Balaban J connectivity index is 1.74. The zero-order valence-corrected chi connectivity index (χ0v) is 16.5. The fraction of sp³-hybridized carbons (Fsp3) is 0.263. The van der Waals surface area contributed by atoms with Gasteiger partial charge in [-0.05, 0) is 43.2 Å². The molecule has 0 spiro atoms. The first kappa shape index (κ1) is 20.4. The molecule has 0 bridgehead atoms. The number of amides is 1. The summed E-state index contributed by atoms with van der Waals surface area (Å²) in [5.41, 5.74) is 2.44. The number of benzene rings is 2. The maximum Gasteiger partial charge on any atom is 0.271 e. The lowest BCUT2D eigenvalue weighted by molar-refractivity contribution is 0.0955. The summed E-state index contributed by atoms with van der Waals surface area (Å²) in [4.78, 5) is 12.4. The number of piperidine rings is 1. The summed E-state index contributed by atoms with van der Waals surface area (Å²) in [6, 6.07) is 9.95. The summed E-state index contributed by atoms with van der Waals surface area (Å²) in [7, 11) is -3.64. The van der Waals surface area contributed by atoms with E-state index < -0.39 is 21.7 Å². The number of rotatable bonds is 5. The molecule has 0 radical (unpaired) electrons. The Bertz CT molecular complexity index is 985. The van der Waals surface area contributed by atoms with E-state index in [1.807, 2.05) is 0 Å². The number of sulfonamides is 1. The molecule has 1 aliphatic heterocycles. The van der Waals surface area contributed by atoms with Gasteiger partial charge in [0.25, 0.3) is 5.91 Å². The summed E-state index contributed by atoms with van der Waals surface area (Å²) in [5, 5.41) is 3.87. The minimum Gasteiger partial charge on any atom is -0.267 e. The van der Waals surface area contributed by atoms with Crippen LogP contribution in [-0.2, 0) is 10.0 Å². The molecule has 1 aliphatic rings. The van der Waals surface area contributed by atoms with E-state index in [0.717, 1.165) is 25.5 Å². The van der Waals surface area contributed by atoms with Crippen molar-refractivity contribution in [2.75, 3.05) is 13.1 Å². The maximum atomic E-state index is 13.7. The van der Waals surface area contributed by atoms with E-state index in [2.05, 4.69) is 10.5 Å². The number of halogens is 2. The molecule has 148 valence electrons. The van der Waals surface area contributed by atoms with Crippen molar-refractivity contribution in [3.63, 3.8) is 0 Å². The second kappa shape index (κ2) is 8.81. The monoisotopic (exact) mass is 423 g/mol. The quantitative estimate of drug-likeness (QED) is 0.591. The molecule has 1 N–H and O–H groups in total. The second-order valence-electron chi connectivity index (χ2n) is 6.33. The van der Waals surface area contributed by atoms with Gasteiger partial charge in [0.1, 0.15) is 5.82 Å². The average molecular weight is 424 g/mol. The van der Waals surface area contributed by atoms with Crippen LogP contribution >= 0.6 is 11.6 Å². The molecule has 0 saturated carbocycles. The van der Waals surface area contributed by atoms with Crippen molar-refractivity contribution in [1.29, 1.82) is 0 Å². The molecule has 1 fully saturated rings. The molecule has 3 rings (SSSR count). The van der Waals surface area contributed by atoms with Gasteiger partial charge in [-0.3, -0.25) is 4.79 Å². The van der Waals surface area contributed by atoms with Gasteiger partial charge in [0.05, 0.1) is 16.1 Å². The third-order valence-corrected chi connectivity index (χ3v) is 6.63. The molecule has 28 heavy (non-hydrogen) atoms. The minimum absolute atomic E-state index is 0.0471. The van der Waals surface area contributed by atoms with Crippen LogP contribution in [0.5, 0.6) is 0 Å². The summed E-state index contributed by atoms with van der Waals surface area (Å²) >= 11 is 5.89. The molecule has 1 heterocycles. The summed E-state index contributed by atoms with van der Waals surface area (Å²) in [5.74, 6) is -1.18. The summed E-state index contributed by atoms with van der Waals surface area (Å²) in [6.07, 6.45) is 3.77. The minimum atomic E-state index is -3.64. The zero-order chi connectivity index (χ0) is 20.1. The fourth-order valence-electron chi connectivity index (χ4n) is 2.91. The van der Waals surface area contributed by atoms with E-state index in [-0.39, 0.29) is 21.0 Å². The Morgan fingerprint density at radius 1 is 1.14 bits per heavy atom. The highest BCUT2D eigenvalue weighted by molar-refractivity contribution is 7.89. The van der Waals surface area contributed by atoms with Gasteiger partial charge in [0.15, 0.2) is 0 Å². The normalized spacial score (nSPS) is 15.6. The number of nitrogens with zero attached hydrogens (tertiary/aromatic N) is 2. The van der Waals surface area contributed by atoms with Gasteiger partial charge in [-0.25, -0.2) is 18.2 Å². The van der Waals surface area contributed by atoms with Crippen LogP contribution < -0.4 is 5.43 Å². The van der Waals surface area contributed by atoms with Crippen LogP contribution in [0.4, 0.5) is 4.39 Å². The number of hydrazone groups is 1. The summed E-state index contributed by atoms with van der Waals surface area (Å²) in [6.45, 7) is 0.957. The molecule has 0 unspecified atom stereocenters. The number of hydrogen-bond acceptors (Lipinski definition) is 4. The molecule has 1 saturated heterocycles. The number of nitrogens with one attached hydrogen (secondary N) is 1. The highest BCUT2D eigenvalue weighted by Crippen LogP contribution is 2.21. The van der Waals surface area contributed by atoms with Gasteiger partial charge >= 0.3 is 0 Å². The van der Waals surface area contributed by atoms with Gasteiger partial charge < -0.3 is 0 Å². The van der Waals surface area contributed by atoms with E-state index in [9.17, 15) is 17.6 Å². The lowest BCUT2D eigenvalue weighted by Crippen LogP contribution is -2.35.